The van der Waals surface area contributed by atoms with Gasteiger partial charge in [0.05, 0.1) is 17.8 Å². The summed E-state index contributed by atoms with van der Waals surface area (Å²) >= 11 is 1.77. The number of hydrogen-bond donors (Lipinski definition) is 1. The highest BCUT2D eigenvalue weighted by molar-refractivity contribution is 8.00. The molecule has 2 rings (SSSR count). The Morgan fingerprint density at radius 2 is 2.78 bits per heavy atom. The Balaban J connectivity index is 2.23. The molecule has 0 aliphatic carbocycles. The molecule has 0 amide bonds. The van der Waals surface area contributed by atoms with Crippen LogP contribution in [0.3, 0.4) is 0 Å². The first-order valence-corrected chi connectivity index (χ1v) is 3.89. The second-order valence-corrected chi connectivity index (χ2v) is 2.96. The molecule has 9 heavy (non-hydrogen) atoms. The summed E-state index contributed by atoms with van der Waals surface area (Å²) in [4.78, 5) is 0. The highest BCUT2D eigenvalue weighted by Gasteiger charge is 2.22. The van der Waals surface area contributed by atoms with Crippen molar-refractivity contribution in [3.63, 3.8) is 0 Å². The average Bonchev–Trinajstić information content (AvgIpc) is 2.33. The van der Waals surface area contributed by atoms with E-state index in [0.29, 0.717) is 0 Å². The van der Waals surface area contributed by atoms with Gasteiger partial charge in [-0.25, -0.2) is 0 Å². The molecule has 48 valence electrons. The van der Waals surface area contributed by atoms with E-state index in [4.69, 9.17) is 4.74 Å². The molecule has 1 N–H and O–H groups in total. The van der Waals surface area contributed by atoms with Crippen LogP contribution in [0.1, 0.15) is 0 Å². The first kappa shape index (κ1) is 5.23. The highest BCUT2D eigenvalue weighted by Crippen LogP contribution is 2.26. The Kier molecular flexibility index (Phi) is 1.16. The van der Waals surface area contributed by atoms with Gasteiger partial charge in [-0.3, -0.25) is 0 Å². The van der Waals surface area contributed by atoms with Crippen molar-refractivity contribution in [2.45, 2.75) is 5.44 Å². The van der Waals surface area contributed by atoms with E-state index in [0.717, 1.165) is 5.88 Å². The second-order valence-electron chi connectivity index (χ2n) is 1.91. The molecule has 0 spiro atoms. The van der Waals surface area contributed by atoms with E-state index in [9.17, 15) is 0 Å². The predicted octanol–water partition coefficient (Wildman–Crippen LogP) is 1.03. The normalized spacial score (nSPS) is 30.2. The number of nitrogens with one attached hydrogen (secondary N) is 1. The highest BCUT2D eigenvalue weighted by atomic mass is 32.2. The largest absolute Gasteiger partial charge is 0.481 e. The van der Waals surface area contributed by atoms with Crippen LogP contribution in [-0.4, -0.2) is 11.3 Å². The summed E-state index contributed by atoms with van der Waals surface area (Å²) in [7, 11) is 0. The third kappa shape index (κ3) is 0.812. The summed E-state index contributed by atoms with van der Waals surface area (Å²) in [6, 6.07) is 0. The number of hydrogen-bond acceptors (Lipinski definition) is 3. The molecule has 2 aliphatic rings. The van der Waals surface area contributed by atoms with Gasteiger partial charge in [0.25, 0.3) is 0 Å². The van der Waals surface area contributed by atoms with Crippen LogP contribution < -0.4 is 5.32 Å². The molecule has 2 heterocycles. The van der Waals surface area contributed by atoms with E-state index < -0.39 is 0 Å². The van der Waals surface area contributed by atoms with Crippen molar-refractivity contribution in [3.8, 4) is 0 Å². The van der Waals surface area contributed by atoms with E-state index >= 15 is 0 Å². The summed E-state index contributed by atoms with van der Waals surface area (Å²) in [6.07, 6.45) is 5.69. The lowest BCUT2D eigenvalue weighted by Crippen LogP contribution is -2.13. The van der Waals surface area contributed by atoms with Crippen molar-refractivity contribution < 1.29 is 4.74 Å². The van der Waals surface area contributed by atoms with Crippen LogP contribution in [-0.2, 0) is 4.74 Å². The molecule has 0 aromatic rings. The molecule has 2 nitrogen and oxygen atoms in total. The van der Waals surface area contributed by atoms with Gasteiger partial charge in [-0.1, -0.05) is 11.8 Å². The van der Waals surface area contributed by atoms with Gasteiger partial charge in [0.1, 0.15) is 0 Å². The zero-order valence-electron chi connectivity index (χ0n) is 4.83. The Morgan fingerprint density at radius 1 is 1.78 bits per heavy atom. The summed E-state index contributed by atoms with van der Waals surface area (Å²) in [5, 5.41) is 3.21. The van der Waals surface area contributed by atoms with Gasteiger partial charge < -0.3 is 10.1 Å². The predicted molar refractivity (Wildman–Crippen MR) is 37.7 cm³/mol. The third-order valence-corrected chi connectivity index (χ3v) is 2.30. The molecule has 0 aromatic heterocycles. The standard InChI is InChI=1S/C6H7NOS/c1-2-5-6(8-3-1)9-4-7-5/h1-3,6-7H,4H2. The van der Waals surface area contributed by atoms with Gasteiger partial charge >= 0.3 is 0 Å². The summed E-state index contributed by atoms with van der Waals surface area (Å²) in [6.45, 7) is 0. The van der Waals surface area contributed by atoms with Crippen LogP contribution in [0.5, 0.6) is 0 Å². The SMILES string of the molecule is C1=COC2SCNC2=C1. The van der Waals surface area contributed by atoms with Crippen molar-refractivity contribution >= 4 is 11.8 Å². The molecule has 3 heteroatoms. The molecule has 1 saturated heterocycles. The quantitative estimate of drug-likeness (QED) is 0.544. The minimum absolute atomic E-state index is 0.245. The fraction of sp³-hybridized carbons (Fsp3) is 0.333. The van der Waals surface area contributed by atoms with Crippen molar-refractivity contribution in [2.75, 3.05) is 5.88 Å². The number of rotatable bonds is 0. The van der Waals surface area contributed by atoms with Gasteiger partial charge in [0.2, 0.25) is 0 Å². The Labute approximate surface area is 58.0 Å². The van der Waals surface area contributed by atoms with Crippen molar-refractivity contribution in [1.82, 2.24) is 5.32 Å². The molecular formula is C6H7NOS. The van der Waals surface area contributed by atoms with E-state index in [1.54, 1.807) is 18.0 Å². The molecule has 1 unspecified atom stereocenters. The fourth-order valence-electron chi connectivity index (χ4n) is 0.884. The van der Waals surface area contributed by atoms with Crippen LogP contribution in [0.15, 0.2) is 24.1 Å². The maximum absolute atomic E-state index is 5.25. The first-order chi connectivity index (χ1) is 4.47. The van der Waals surface area contributed by atoms with Gasteiger partial charge in [-0.05, 0) is 12.2 Å². The number of thioether (sulfide) groups is 1. The zero-order chi connectivity index (χ0) is 6.10. The number of ether oxygens (including phenoxy) is 1. The summed E-state index contributed by atoms with van der Waals surface area (Å²) in [5.41, 5.74) is 1.44. The molecule has 0 saturated carbocycles. The van der Waals surface area contributed by atoms with Crippen LogP contribution in [0, 0.1) is 0 Å². The van der Waals surface area contributed by atoms with Crippen LogP contribution in [0.25, 0.3) is 0 Å². The number of fused-ring (bicyclic) bond motifs is 1. The zero-order valence-corrected chi connectivity index (χ0v) is 5.65. The smallest absolute Gasteiger partial charge is 0.184 e. The van der Waals surface area contributed by atoms with Gasteiger partial charge in [0.15, 0.2) is 5.44 Å². The first-order valence-electron chi connectivity index (χ1n) is 2.84. The minimum atomic E-state index is 0.245. The second kappa shape index (κ2) is 1.99. The molecular weight excluding hydrogens is 134 g/mol. The van der Waals surface area contributed by atoms with Gasteiger partial charge in [0, 0.05) is 0 Å². The van der Waals surface area contributed by atoms with E-state index in [2.05, 4.69) is 5.32 Å². The number of allylic oxidation sites excluding steroid dienone is 2. The maximum atomic E-state index is 5.25. The third-order valence-electron chi connectivity index (χ3n) is 1.32. The topological polar surface area (TPSA) is 21.3 Å². The molecule has 0 aromatic carbocycles. The lowest BCUT2D eigenvalue weighted by Gasteiger charge is -2.11. The van der Waals surface area contributed by atoms with Gasteiger partial charge in [-0.2, -0.15) is 0 Å². The Morgan fingerprint density at radius 3 is 3.67 bits per heavy atom. The molecule has 2 aliphatic heterocycles. The Hall–Kier alpha value is -0.570. The Bertz CT molecular complexity index is 176. The van der Waals surface area contributed by atoms with Gasteiger partial charge in [-0.15, -0.1) is 0 Å². The van der Waals surface area contributed by atoms with Crippen LogP contribution in [0.4, 0.5) is 0 Å². The van der Waals surface area contributed by atoms with Crippen molar-refractivity contribution in [2.24, 2.45) is 0 Å². The summed E-state index contributed by atoms with van der Waals surface area (Å²) in [5.74, 6) is 0.970. The summed E-state index contributed by atoms with van der Waals surface area (Å²) < 4.78 is 5.25. The van der Waals surface area contributed by atoms with Crippen LogP contribution in [0.2, 0.25) is 0 Å². The molecule has 0 radical (unpaired) electrons. The minimum Gasteiger partial charge on any atom is -0.481 e. The fourth-order valence-corrected chi connectivity index (χ4v) is 1.77. The molecule has 1 fully saturated rings. The lowest BCUT2D eigenvalue weighted by atomic mass is 10.4. The van der Waals surface area contributed by atoms with E-state index in [1.807, 2.05) is 12.2 Å². The average molecular weight is 141 g/mol. The van der Waals surface area contributed by atoms with Crippen molar-refractivity contribution in [3.05, 3.63) is 24.1 Å². The monoisotopic (exact) mass is 141 g/mol. The van der Waals surface area contributed by atoms with E-state index in [-0.39, 0.29) is 5.44 Å². The van der Waals surface area contributed by atoms with Crippen molar-refractivity contribution in [1.29, 1.82) is 0 Å². The lowest BCUT2D eigenvalue weighted by molar-refractivity contribution is 0.246. The van der Waals surface area contributed by atoms with E-state index in [1.165, 1.54) is 5.70 Å². The molecule has 1 atom stereocenters. The van der Waals surface area contributed by atoms with Crippen LogP contribution >= 0.6 is 11.8 Å². The maximum Gasteiger partial charge on any atom is 0.184 e. The molecule has 0 bridgehead atoms.